The highest BCUT2D eigenvalue weighted by molar-refractivity contribution is 5.48. The minimum absolute atomic E-state index is 0.340. The van der Waals surface area contributed by atoms with Crippen LogP contribution in [0, 0.1) is 11.3 Å². The van der Waals surface area contributed by atoms with E-state index < -0.39 is 0 Å². The van der Waals surface area contributed by atoms with Crippen LogP contribution in [0.25, 0.3) is 0 Å². The molecule has 2 saturated heterocycles. The van der Waals surface area contributed by atoms with E-state index in [9.17, 15) is 0 Å². The van der Waals surface area contributed by atoms with Crippen LogP contribution in [0.5, 0.6) is 0 Å². The van der Waals surface area contributed by atoms with Crippen molar-refractivity contribution in [2.24, 2.45) is 0 Å². The number of nitrogens with zero attached hydrogens (tertiary/aromatic N) is 3. The van der Waals surface area contributed by atoms with Gasteiger partial charge in [0.1, 0.15) is 11.9 Å². The Hall–Kier alpha value is -1.60. The zero-order valence-electron chi connectivity index (χ0n) is 9.82. The largest absolute Gasteiger partial charge is 0.351 e. The van der Waals surface area contributed by atoms with Gasteiger partial charge in [-0.3, -0.25) is 0 Å². The fraction of sp³-hybridized carbons (Fsp3) is 0.538. The number of piperidine rings is 1. The third kappa shape index (κ3) is 1.67. The predicted molar refractivity (Wildman–Crippen MR) is 65.7 cm³/mol. The molecule has 0 atom stereocenters. The van der Waals surface area contributed by atoms with Gasteiger partial charge in [-0.1, -0.05) is 0 Å². The Balaban J connectivity index is 1.82. The summed E-state index contributed by atoms with van der Waals surface area (Å²) >= 11 is 0. The summed E-state index contributed by atoms with van der Waals surface area (Å²) in [6.45, 7) is 3.30. The first-order valence-corrected chi connectivity index (χ1v) is 6.19. The van der Waals surface area contributed by atoms with Crippen molar-refractivity contribution in [1.82, 2.24) is 10.3 Å². The molecule has 1 spiro atoms. The number of rotatable bonds is 1. The molecule has 0 aliphatic carbocycles. The van der Waals surface area contributed by atoms with E-state index in [2.05, 4.69) is 21.3 Å². The topological polar surface area (TPSA) is 52.0 Å². The summed E-state index contributed by atoms with van der Waals surface area (Å²) < 4.78 is 0. The van der Waals surface area contributed by atoms with Crippen molar-refractivity contribution in [2.75, 3.05) is 24.5 Å². The highest BCUT2D eigenvalue weighted by atomic mass is 15.3. The Morgan fingerprint density at radius 1 is 1.29 bits per heavy atom. The third-order valence-electron chi connectivity index (χ3n) is 4.06. The van der Waals surface area contributed by atoms with Crippen LogP contribution in [0.2, 0.25) is 0 Å². The third-order valence-corrected chi connectivity index (χ3v) is 4.06. The molecule has 1 aromatic rings. The zero-order chi connectivity index (χ0) is 11.7. The first kappa shape index (κ1) is 10.5. The van der Waals surface area contributed by atoms with Crippen LogP contribution in [0.1, 0.15) is 24.8 Å². The van der Waals surface area contributed by atoms with Crippen molar-refractivity contribution in [1.29, 1.82) is 5.26 Å². The van der Waals surface area contributed by atoms with Crippen molar-refractivity contribution in [3.05, 3.63) is 23.9 Å². The number of hydrogen-bond acceptors (Lipinski definition) is 4. The van der Waals surface area contributed by atoms with E-state index in [1.807, 2.05) is 12.1 Å². The van der Waals surface area contributed by atoms with E-state index in [-0.39, 0.29) is 0 Å². The average molecular weight is 228 g/mol. The van der Waals surface area contributed by atoms with Gasteiger partial charge in [-0.15, -0.1) is 0 Å². The molecule has 0 radical (unpaired) electrons. The van der Waals surface area contributed by atoms with Crippen LogP contribution in [-0.4, -0.2) is 30.2 Å². The molecule has 0 amide bonds. The summed E-state index contributed by atoms with van der Waals surface area (Å²) in [5, 5.41) is 12.2. The van der Waals surface area contributed by atoms with Gasteiger partial charge in [-0.2, -0.15) is 5.26 Å². The van der Waals surface area contributed by atoms with Gasteiger partial charge in [0.15, 0.2) is 0 Å². The van der Waals surface area contributed by atoms with E-state index in [1.165, 1.54) is 19.3 Å². The molecule has 3 rings (SSSR count). The molecule has 2 aliphatic heterocycles. The Morgan fingerprint density at radius 3 is 2.65 bits per heavy atom. The Kier molecular flexibility index (Phi) is 2.49. The van der Waals surface area contributed by atoms with Gasteiger partial charge in [0.2, 0.25) is 0 Å². The maximum Gasteiger partial charge on any atom is 0.129 e. The van der Waals surface area contributed by atoms with Crippen LogP contribution in [0.3, 0.4) is 0 Å². The molecule has 2 aliphatic rings. The summed E-state index contributed by atoms with van der Waals surface area (Å²) in [5.74, 6) is 1.03. The second-order valence-corrected chi connectivity index (χ2v) is 4.89. The molecule has 3 heterocycles. The van der Waals surface area contributed by atoms with Gasteiger partial charge in [0.05, 0.1) is 5.56 Å². The highest BCUT2D eigenvalue weighted by Crippen LogP contribution is 2.40. The summed E-state index contributed by atoms with van der Waals surface area (Å²) in [7, 11) is 0. The Labute approximate surface area is 101 Å². The number of anilines is 1. The van der Waals surface area contributed by atoms with E-state index in [0.717, 1.165) is 25.5 Å². The quantitative estimate of drug-likeness (QED) is 0.787. The maximum absolute atomic E-state index is 8.77. The lowest BCUT2D eigenvalue weighted by molar-refractivity contribution is 0.204. The molecule has 0 saturated carbocycles. The normalized spacial score (nSPS) is 21.9. The number of aromatic nitrogens is 1. The second kappa shape index (κ2) is 4.01. The number of nitrogens with one attached hydrogen (secondary N) is 1. The van der Waals surface area contributed by atoms with Crippen molar-refractivity contribution in [3.8, 4) is 6.07 Å². The number of pyridine rings is 1. The van der Waals surface area contributed by atoms with E-state index >= 15 is 0 Å². The smallest absolute Gasteiger partial charge is 0.129 e. The fourth-order valence-electron chi connectivity index (χ4n) is 2.92. The lowest BCUT2D eigenvalue weighted by Crippen LogP contribution is -2.64. The van der Waals surface area contributed by atoms with Gasteiger partial charge in [-0.05, 0) is 44.5 Å². The summed E-state index contributed by atoms with van der Waals surface area (Å²) in [6.07, 6.45) is 5.35. The molecular formula is C13H16N4. The Morgan fingerprint density at radius 2 is 2.12 bits per heavy atom. The minimum atomic E-state index is 0.340. The molecule has 1 aromatic heterocycles. The lowest BCUT2D eigenvalue weighted by Gasteiger charge is -2.55. The highest BCUT2D eigenvalue weighted by Gasteiger charge is 2.45. The molecule has 2 fully saturated rings. The van der Waals surface area contributed by atoms with Gasteiger partial charge in [0, 0.05) is 18.3 Å². The van der Waals surface area contributed by atoms with Crippen LogP contribution >= 0.6 is 0 Å². The molecule has 4 heteroatoms. The first-order chi connectivity index (χ1) is 8.34. The number of nitriles is 1. The minimum Gasteiger partial charge on any atom is -0.351 e. The van der Waals surface area contributed by atoms with Crippen LogP contribution in [-0.2, 0) is 0 Å². The van der Waals surface area contributed by atoms with Gasteiger partial charge >= 0.3 is 0 Å². The van der Waals surface area contributed by atoms with Gasteiger partial charge in [0.25, 0.3) is 0 Å². The molecule has 0 bridgehead atoms. The van der Waals surface area contributed by atoms with Crippen LogP contribution in [0.4, 0.5) is 5.82 Å². The number of hydrogen-bond donors (Lipinski definition) is 1. The monoisotopic (exact) mass is 228 g/mol. The summed E-state index contributed by atoms with van der Waals surface area (Å²) in [6, 6.07) is 5.94. The molecule has 1 N–H and O–H groups in total. The predicted octanol–water partition coefficient (Wildman–Crippen LogP) is 1.29. The van der Waals surface area contributed by atoms with Crippen molar-refractivity contribution in [2.45, 2.75) is 24.8 Å². The molecular weight excluding hydrogens is 212 g/mol. The zero-order valence-corrected chi connectivity index (χ0v) is 9.82. The van der Waals surface area contributed by atoms with Gasteiger partial charge in [-0.25, -0.2) is 4.98 Å². The first-order valence-electron chi connectivity index (χ1n) is 6.19. The second-order valence-electron chi connectivity index (χ2n) is 4.89. The Bertz CT molecular complexity index is 439. The molecule has 4 nitrogen and oxygen atoms in total. The lowest BCUT2D eigenvalue weighted by atomic mass is 9.77. The van der Waals surface area contributed by atoms with Crippen molar-refractivity contribution >= 4 is 5.82 Å². The summed E-state index contributed by atoms with van der Waals surface area (Å²) in [5.41, 5.74) is 0.973. The average Bonchev–Trinajstić information content (AvgIpc) is 2.39. The molecule has 88 valence electrons. The van der Waals surface area contributed by atoms with Gasteiger partial charge < -0.3 is 10.2 Å². The van der Waals surface area contributed by atoms with E-state index in [0.29, 0.717) is 11.1 Å². The molecule has 17 heavy (non-hydrogen) atoms. The van der Waals surface area contributed by atoms with E-state index in [4.69, 9.17) is 5.26 Å². The SMILES string of the molecule is N#Cc1ccc(N2CCC23CCNCC3)nc1. The summed E-state index contributed by atoms with van der Waals surface area (Å²) in [4.78, 5) is 6.82. The van der Waals surface area contributed by atoms with Crippen molar-refractivity contribution in [3.63, 3.8) is 0 Å². The maximum atomic E-state index is 8.77. The van der Waals surface area contributed by atoms with E-state index in [1.54, 1.807) is 6.20 Å². The van der Waals surface area contributed by atoms with Crippen LogP contribution < -0.4 is 10.2 Å². The standard InChI is InChI=1S/C13H16N4/c14-9-11-1-2-12(16-10-11)17-8-5-13(17)3-6-15-7-4-13/h1-2,10,15H,3-8H2. The molecule has 0 unspecified atom stereocenters. The fourth-order valence-corrected chi connectivity index (χ4v) is 2.92. The van der Waals surface area contributed by atoms with Crippen molar-refractivity contribution < 1.29 is 0 Å². The molecule has 0 aromatic carbocycles. The van der Waals surface area contributed by atoms with Crippen LogP contribution in [0.15, 0.2) is 18.3 Å².